The number of hydrogen-bond acceptors (Lipinski definition) is 5. The molecule has 1 fully saturated rings. The van der Waals surface area contributed by atoms with Crippen molar-refractivity contribution < 1.29 is 8.91 Å². The van der Waals surface area contributed by atoms with E-state index in [0.29, 0.717) is 17.5 Å². The molecule has 3 aromatic rings. The normalized spacial score (nSPS) is 24.5. The summed E-state index contributed by atoms with van der Waals surface area (Å²) in [5.74, 6) is 1.84. The van der Waals surface area contributed by atoms with Gasteiger partial charge in [0.1, 0.15) is 5.82 Å². The topological polar surface area (TPSA) is 32.5 Å². The van der Waals surface area contributed by atoms with E-state index in [0.717, 1.165) is 30.7 Å². The van der Waals surface area contributed by atoms with Gasteiger partial charge in [-0.1, -0.05) is 24.2 Å². The minimum absolute atomic E-state index is 0.248. The molecule has 1 aromatic heterocycles. The second-order valence-corrected chi connectivity index (χ2v) is 10.4. The summed E-state index contributed by atoms with van der Waals surface area (Å²) in [7, 11) is 0. The molecule has 3 atom stereocenters. The van der Waals surface area contributed by atoms with Crippen molar-refractivity contribution >= 4 is 28.4 Å². The first-order chi connectivity index (χ1) is 15.2. The lowest BCUT2D eigenvalue weighted by atomic mass is 9.91. The number of halogens is 1. The molecule has 2 aromatic carbocycles. The molecule has 0 saturated carbocycles. The van der Waals surface area contributed by atoms with Crippen LogP contribution in [0.4, 0.5) is 10.1 Å². The SMILES string of the molecule is CC(CN1CCC2c3cccc4c3N(CCCS4)C2CC1)c1noc2cc(F)ccc12. The Kier molecular flexibility index (Phi) is 4.95. The maximum atomic E-state index is 13.5. The van der Waals surface area contributed by atoms with Gasteiger partial charge < -0.3 is 14.3 Å². The molecule has 3 aliphatic heterocycles. The molecule has 162 valence electrons. The van der Waals surface area contributed by atoms with Gasteiger partial charge in [0.2, 0.25) is 0 Å². The molecule has 6 rings (SSSR count). The van der Waals surface area contributed by atoms with Crippen LogP contribution in [0.2, 0.25) is 0 Å². The maximum absolute atomic E-state index is 13.5. The molecule has 3 unspecified atom stereocenters. The molecule has 4 nitrogen and oxygen atoms in total. The quantitative estimate of drug-likeness (QED) is 0.530. The summed E-state index contributed by atoms with van der Waals surface area (Å²) < 4.78 is 18.9. The number of nitrogens with zero attached hydrogens (tertiary/aromatic N) is 3. The van der Waals surface area contributed by atoms with Gasteiger partial charge in [0.25, 0.3) is 0 Å². The van der Waals surface area contributed by atoms with Crippen LogP contribution in [0.15, 0.2) is 45.8 Å². The van der Waals surface area contributed by atoms with E-state index in [-0.39, 0.29) is 11.7 Å². The lowest BCUT2D eigenvalue weighted by Gasteiger charge is -2.29. The van der Waals surface area contributed by atoms with Crippen LogP contribution >= 0.6 is 11.8 Å². The Labute approximate surface area is 186 Å². The molecule has 0 spiro atoms. The molecule has 4 heterocycles. The summed E-state index contributed by atoms with van der Waals surface area (Å²) in [6.07, 6.45) is 3.68. The minimum atomic E-state index is -0.280. The highest BCUT2D eigenvalue weighted by Crippen LogP contribution is 2.50. The number of likely N-dealkylation sites (tertiary alicyclic amines) is 1. The third-order valence-corrected chi connectivity index (χ3v) is 8.47. The monoisotopic (exact) mass is 437 g/mol. The summed E-state index contributed by atoms with van der Waals surface area (Å²) >= 11 is 2.04. The third kappa shape index (κ3) is 3.35. The zero-order valence-electron chi connectivity index (χ0n) is 17.9. The zero-order chi connectivity index (χ0) is 20.9. The molecule has 0 radical (unpaired) electrons. The van der Waals surface area contributed by atoms with Gasteiger partial charge in [-0.25, -0.2) is 4.39 Å². The van der Waals surface area contributed by atoms with Crippen LogP contribution in [0.25, 0.3) is 11.0 Å². The Morgan fingerprint density at radius 3 is 3.03 bits per heavy atom. The van der Waals surface area contributed by atoms with Crippen LogP contribution in [0.5, 0.6) is 0 Å². The van der Waals surface area contributed by atoms with Crippen molar-refractivity contribution in [2.45, 2.75) is 49.0 Å². The molecule has 0 aliphatic carbocycles. The molecule has 0 amide bonds. The van der Waals surface area contributed by atoms with Crippen LogP contribution < -0.4 is 4.90 Å². The van der Waals surface area contributed by atoms with E-state index in [4.69, 9.17) is 4.52 Å². The predicted molar refractivity (Wildman–Crippen MR) is 124 cm³/mol. The maximum Gasteiger partial charge on any atom is 0.170 e. The fraction of sp³-hybridized carbons (Fsp3) is 0.480. The van der Waals surface area contributed by atoms with E-state index in [1.165, 1.54) is 48.6 Å². The standard InChI is InChI=1S/C25H28FN3OS/c1-16(24-20-7-6-17(26)14-22(20)30-27-24)15-28-11-8-18-19-4-2-5-23-25(19)29(10-3-13-31-23)21(18)9-12-28/h2,4-7,14,16,18,21H,3,8-13,15H2,1H3. The van der Waals surface area contributed by atoms with Gasteiger partial charge in [0.15, 0.2) is 5.58 Å². The van der Waals surface area contributed by atoms with Gasteiger partial charge in [-0.3, -0.25) is 0 Å². The van der Waals surface area contributed by atoms with Crippen molar-refractivity contribution in [1.82, 2.24) is 10.1 Å². The van der Waals surface area contributed by atoms with Crippen molar-refractivity contribution in [1.29, 1.82) is 0 Å². The number of rotatable bonds is 3. The zero-order valence-corrected chi connectivity index (χ0v) is 18.7. The first kappa shape index (κ1) is 19.6. The Morgan fingerprint density at radius 2 is 2.10 bits per heavy atom. The van der Waals surface area contributed by atoms with Gasteiger partial charge in [0, 0.05) is 53.9 Å². The second kappa shape index (κ2) is 7.82. The molecule has 0 N–H and O–H groups in total. The largest absolute Gasteiger partial charge is 0.367 e. The Morgan fingerprint density at radius 1 is 1.19 bits per heavy atom. The third-order valence-electron chi connectivity index (χ3n) is 7.34. The first-order valence-corrected chi connectivity index (χ1v) is 12.5. The highest BCUT2D eigenvalue weighted by molar-refractivity contribution is 7.99. The number of fused-ring (bicyclic) bond motifs is 4. The molecule has 6 heteroatoms. The molecular weight excluding hydrogens is 409 g/mol. The number of para-hydroxylation sites is 1. The van der Waals surface area contributed by atoms with Crippen LogP contribution in [0.1, 0.15) is 49.3 Å². The molecule has 0 bridgehead atoms. The summed E-state index contributed by atoms with van der Waals surface area (Å²) in [6.45, 7) is 6.58. The number of anilines is 1. The smallest absolute Gasteiger partial charge is 0.170 e. The number of thioether (sulfide) groups is 1. The lowest BCUT2D eigenvalue weighted by molar-refractivity contribution is 0.265. The van der Waals surface area contributed by atoms with E-state index in [1.54, 1.807) is 17.3 Å². The van der Waals surface area contributed by atoms with Crippen LogP contribution in [0.3, 0.4) is 0 Å². The number of benzene rings is 2. The average Bonchev–Trinajstić information content (AvgIpc) is 3.13. The Balaban J connectivity index is 1.21. The number of aromatic nitrogens is 1. The Bertz CT molecular complexity index is 1120. The van der Waals surface area contributed by atoms with Gasteiger partial charge in [-0.2, -0.15) is 0 Å². The van der Waals surface area contributed by atoms with Gasteiger partial charge in [-0.15, -0.1) is 11.8 Å². The lowest BCUT2D eigenvalue weighted by Crippen LogP contribution is -2.36. The fourth-order valence-corrected chi connectivity index (χ4v) is 6.98. The van der Waals surface area contributed by atoms with Crippen molar-refractivity contribution in [3.05, 3.63) is 53.5 Å². The van der Waals surface area contributed by atoms with E-state index in [9.17, 15) is 4.39 Å². The van der Waals surface area contributed by atoms with Gasteiger partial charge >= 0.3 is 0 Å². The summed E-state index contributed by atoms with van der Waals surface area (Å²) in [5, 5.41) is 5.22. The number of hydrogen-bond donors (Lipinski definition) is 0. The summed E-state index contributed by atoms with van der Waals surface area (Å²) in [6, 6.07) is 12.3. The highest BCUT2D eigenvalue weighted by Gasteiger charge is 2.41. The van der Waals surface area contributed by atoms with Crippen LogP contribution in [-0.4, -0.2) is 48.0 Å². The molecular formula is C25H28FN3OS. The summed E-state index contributed by atoms with van der Waals surface area (Å²) in [4.78, 5) is 6.83. The van der Waals surface area contributed by atoms with Gasteiger partial charge in [0.05, 0.1) is 11.4 Å². The highest BCUT2D eigenvalue weighted by atomic mass is 32.2. The summed E-state index contributed by atoms with van der Waals surface area (Å²) in [5.41, 5.74) is 4.61. The fourth-order valence-electron chi connectivity index (χ4n) is 5.94. The van der Waals surface area contributed by atoms with Crippen molar-refractivity contribution in [3.8, 4) is 0 Å². The first-order valence-electron chi connectivity index (χ1n) is 11.5. The molecule has 3 aliphatic rings. The van der Waals surface area contributed by atoms with Crippen molar-refractivity contribution in [2.24, 2.45) is 0 Å². The van der Waals surface area contributed by atoms with Crippen molar-refractivity contribution in [3.63, 3.8) is 0 Å². The van der Waals surface area contributed by atoms with E-state index in [2.05, 4.69) is 40.1 Å². The second-order valence-electron chi connectivity index (χ2n) is 9.25. The molecule has 31 heavy (non-hydrogen) atoms. The predicted octanol–water partition coefficient (Wildman–Crippen LogP) is 5.63. The van der Waals surface area contributed by atoms with Crippen LogP contribution in [0, 0.1) is 5.82 Å². The van der Waals surface area contributed by atoms with E-state index < -0.39 is 0 Å². The van der Waals surface area contributed by atoms with E-state index >= 15 is 0 Å². The molecule has 1 saturated heterocycles. The van der Waals surface area contributed by atoms with Gasteiger partial charge in [-0.05, 0) is 55.3 Å². The van der Waals surface area contributed by atoms with Crippen LogP contribution in [-0.2, 0) is 0 Å². The van der Waals surface area contributed by atoms with E-state index in [1.807, 2.05) is 11.8 Å². The Hall–Kier alpha value is -2.05. The minimum Gasteiger partial charge on any atom is -0.367 e. The van der Waals surface area contributed by atoms with Crippen molar-refractivity contribution in [2.75, 3.05) is 36.8 Å². The average molecular weight is 438 g/mol.